The molecule has 0 spiro atoms. The molecule has 1 aromatic rings. The van der Waals surface area contributed by atoms with Crippen molar-refractivity contribution in [3.05, 3.63) is 35.4 Å². The number of rotatable bonds is 5. The van der Waals surface area contributed by atoms with E-state index in [4.69, 9.17) is 0 Å². The van der Waals surface area contributed by atoms with Gasteiger partial charge in [0.15, 0.2) is 0 Å². The van der Waals surface area contributed by atoms with E-state index >= 15 is 0 Å². The molecule has 1 amide bonds. The molecule has 0 fully saturated rings. The first-order valence-electron chi connectivity index (χ1n) is 7.27. The van der Waals surface area contributed by atoms with Crippen molar-refractivity contribution in [2.24, 2.45) is 0 Å². The molecule has 1 N–H and O–H groups in total. The second-order valence-electron chi connectivity index (χ2n) is 6.37. The fourth-order valence-corrected chi connectivity index (χ4v) is 3.23. The summed E-state index contributed by atoms with van der Waals surface area (Å²) in [6.45, 7) is 10.6. The molecule has 112 valence electrons. The fraction of sp³-hybridized carbons (Fsp3) is 0.588. The normalized spacial score (nSPS) is 12.3. The van der Waals surface area contributed by atoms with Crippen LogP contribution in [0.25, 0.3) is 0 Å². The van der Waals surface area contributed by atoms with E-state index in [1.807, 2.05) is 24.3 Å². The number of amides is 1. The topological polar surface area (TPSA) is 29.1 Å². The number of hydrogen-bond acceptors (Lipinski definition) is 1. The summed E-state index contributed by atoms with van der Waals surface area (Å²) in [5.41, 5.74) is 1.67. The number of carbonyl (C=O) groups is 1. The van der Waals surface area contributed by atoms with Crippen molar-refractivity contribution in [2.75, 3.05) is 5.33 Å². The third-order valence-corrected chi connectivity index (χ3v) is 5.04. The van der Waals surface area contributed by atoms with Gasteiger partial charge in [-0.15, -0.1) is 0 Å². The van der Waals surface area contributed by atoms with Crippen LogP contribution in [0.1, 0.15) is 63.4 Å². The van der Waals surface area contributed by atoms with Gasteiger partial charge in [-0.1, -0.05) is 68.7 Å². The number of nitrogens with one attached hydrogen (secondary N) is 1. The minimum Gasteiger partial charge on any atom is -0.346 e. The molecule has 0 heterocycles. The molecule has 2 nitrogen and oxygen atoms in total. The molecule has 0 aliphatic heterocycles. The van der Waals surface area contributed by atoms with Crippen molar-refractivity contribution in [1.82, 2.24) is 5.32 Å². The van der Waals surface area contributed by atoms with Crippen LogP contribution in [0.3, 0.4) is 0 Å². The van der Waals surface area contributed by atoms with Crippen LogP contribution in [0.4, 0.5) is 0 Å². The summed E-state index contributed by atoms with van der Waals surface area (Å²) in [6, 6.07) is 7.88. The maximum atomic E-state index is 12.7. The summed E-state index contributed by atoms with van der Waals surface area (Å²) in [5.74, 6) is 0.0266. The van der Waals surface area contributed by atoms with Gasteiger partial charge in [0.2, 0.25) is 0 Å². The van der Waals surface area contributed by atoms with Gasteiger partial charge in [-0.25, -0.2) is 0 Å². The van der Waals surface area contributed by atoms with Crippen LogP contribution in [0.15, 0.2) is 24.3 Å². The van der Waals surface area contributed by atoms with E-state index in [-0.39, 0.29) is 16.9 Å². The fourth-order valence-electron chi connectivity index (χ4n) is 2.29. The van der Waals surface area contributed by atoms with Crippen LogP contribution in [-0.2, 0) is 5.41 Å². The van der Waals surface area contributed by atoms with Gasteiger partial charge in [0, 0.05) is 16.4 Å². The second kappa shape index (κ2) is 6.75. The van der Waals surface area contributed by atoms with E-state index in [2.05, 4.69) is 55.9 Å². The van der Waals surface area contributed by atoms with Crippen LogP contribution >= 0.6 is 15.9 Å². The molecule has 0 unspecified atom stereocenters. The summed E-state index contributed by atoms with van der Waals surface area (Å²) in [5, 5.41) is 4.00. The first-order chi connectivity index (χ1) is 9.29. The van der Waals surface area contributed by atoms with Gasteiger partial charge < -0.3 is 5.32 Å². The Balaban J connectivity index is 3.11. The number of carbonyl (C=O) groups excluding carboxylic acids is 1. The highest BCUT2D eigenvalue weighted by atomic mass is 79.9. The zero-order valence-corrected chi connectivity index (χ0v) is 14.8. The molecular weight excluding hydrogens is 314 g/mol. The van der Waals surface area contributed by atoms with E-state index in [1.165, 1.54) is 0 Å². The predicted octanol–water partition coefficient (Wildman–Crippen LogP) is 4.67. The number of benzene rings is 1. The summed E-state index contributed by atoms with van der Waals surface area (Å²) < 4.78 is 0. The smallest absolute Gasteiger partial charge is 0.252 e. The summed E-state index contributed by atoms with van der Waals surface area (Å²) in [4.78, 5) is 12.7. The predicted molar refractivity (Wildman–Crippen MR) is 89.7 cm³/mol. The third-order valence-electron chi connectivity index (χ3n) is 3.97. The Morgan fingerprint density at radius 3 is 2.15 bits per heavy atom. The molecule has 1 aromatic carbocycles. The third kappa shape index (κ3) is 3.85. The van der Waals surface area contributed by atoms with Crippen LogP contribution in [0.5, 0.6) is 0 Å². The highest BCUT2D eigenvalue weighted by Gasteiger charge is 2.29. The minimum absolute atomic E-state index is 0.0266. The standard InChI is InChI=1S/C17H26BrNO/c1-6-17(7-2,12-18)19-15(20)13-10-8-9-11-14(13)16(3,4)5/h8-11H,6-7,12H2,1-5H3,(H,19,20). The number of hydrogen-bond donors (Lipinski definition) is 1. The molecule has 20 heavy (non-hydrogen) atoms. The Morgan fingerprint density at radius 2 is 1.70 bits per heavy atom. The van der Waals surface area contributed by atoms with Gasteiger partial charge in [-0.2, -0.15) is 0 Å². The van der Waals surface area contributed by atoms with E-state index < -0.39 is 0 Å². The Morgan fingerprint density at radius 1 is 1.15 bits per heavy atom. The molecule has 0 aromatic heterocycles. The number of alkyl halides is 1. The average molecular weight is 340 g/mol. The van der Waals surface area contributed by atoms with Gasteiger partial charge in [0.05, 0.1) is 0 Å². The molecule has 0 saturated heterocycles. The molecule has 0 aliphatic carbocycles. The first kappa shape index (κ1) is 17.2. The van der Waals surface area contributed by atoms with Crippen molar-refractivity contribution >= 4 is 21.8 Å². The molecule has 0 radical (unpaired) electrons. The van der Waals surface area contributed by atoms with Gasteiger partial charge >= 0.3 is 0 Å². The molecule has 0 bridgehead atoms. The van der Waals surface area contributed by atoms with Gasteiger partial charge in [-0.05, 0) is 29.9 Å². The van der Waals surface area contributed by atoms with Crippen molar-refractivity contribution in [3.8, 4) is 0 Å². The van der Waals surface area contributed by atoms with Crippen molar-refractivity contribution in [3.63, 3.8) is 0 Å². The van der Waals surface area contributed by atoms with Crippen LogP contribution in [-0.4, -0.2) is 16.8 Å². The lowest BCUT2D eigenvalue weighted by Gasteiger charge is -2.32. The molecular formula is C17H26BrNO. The van der Waals surface area contributed by atoms with Crippen LogP contribution in [0, 0.1) is 0 Å². The minimum atomic E-state index is -0.165. The zero-order chi connectivity index (χ0) is 15.4. The lowest BCUT2D eigenvalue weighted by Crippen LogP contribution is -2.49. The van der Waals surface area contributed by atoms with Gasteiger partial charge in [0.25, 0.3) is 5.91 Å². The quantitative estimate of drug-likeness (QED) is 0.776. The first-order valence-corrected chi connectivity index (χ1v) is 8.40. The molecule has 0 atom stereocenters. The lowest BCUT2D eigenvalue weighted by atomic mass is 9.83. The van der Waals surface area contributed by atoms with Crippen molar-refractivity contribution in [2.45, 2.75) is 58.4 Å². The monoisotopic (exact) mass is 339 g/mol. The van der Waals surface area contributed by atoms with Crippen LogP contribution < -0.4 is 5.32 Å². The zero-order valence-electron chi connectivity index (χ0n) is 13.2. The van der Waals surface area contributed by atoms with Crippen molar-refractivity contribution < 1.29 is 4.79 Å². The molecule has 0 aliphatic rings. The maximum Gasteiger partial charge on any atom is 0.252 e. The average Bonchev–Trinajstić information content (AvgIpc) is 2.44. The summed E-state index contributed by atoms with van der Waals surface area (Å²) in [6.07, 6.45) is 1.83. The van der Waals surface area contributed by atoms with Crippen molar-refractivity contribution in [1.29, 1.82) is 0 Å². The van der Waals surface area contributed by atoms with Crippen LogP contribution in [0.2, 0.25) is 0 Å². The largest absolute Gasteiger partial charge is 0.346 e. The van der Waals surface area contributed by atoms with Gasteiger partial charge in [-0.3, -0.25) is 4.79 Å². The Kier molecular flexibility index (Phi) is 5.81. The van der Waals surface area contributed by atoms with E-state index in [0.29, 0.717) is 0 Å². The van der Waals surface area contributed by atoms with E-state index in [0.717, 1.165) is 29.3 Å². The molecule has 0 saturated carbocycles. The van der Waals surface area contributed by atoms with E-state index in [1.54, 1.807) is 0 Å². The van der Waals surface area contributed by atoms with Gasteiger partial charge in [0.1, 0.15) is 0 Å². The highest BCUT2D eigenvalue weighted by molar-refractivity contribution is 9.09. The van der Waals surface area contributed by atoms with E-state index in [9.17, 15) is 4.79 Å². The molecule has 3 heteroatoms. The SMILES string of the molecule is CCC(CC)(CBr)NC(=O)c1ccccc1C(C)(C)C. The lowest BCUT2D eigenvalue weighted by molar-refractivity contribution is 0.0901. The highest BCUT2D eigenvalue weighted by Crippen LogP contribution is 2.27. The Labute approximate surface area is 131 Å². The Bertz CT molecular complexity index is 450. The maximum absolute atomic E-state index is 12.7. The Hall–Kier alpha value is -0.830. The summed E-state index contributed by atoms with van der Waals surface area (Å²) in [7, 11) is 0. The summed E-state index contributed by atoms with van der Waals surface area (Å²) >= 11 is 3.54. The second-order valence-corrected chi connectivity index (χ2v) is 6.93. The number of halogens is 1. The molecule has 1 rings (SSSR count).